The Bertz CT molecular complexity index is 526. The van der Waals surface area contributed by atoms with Crippen LogP contribution in [0.2, 0.25) is 0 Å². The van der Waals surface area contributed by atoms with Crippen LogP contribution in [0.1, 0.15) is 19.8 Å². The van der Waals surface area contributed by atoms with Gasteiger partial charge in [-0.15, -0.1) is 0 Å². The molecule has 1 atom stereocenters. The number of benzene rings is 1. The van der Waals surface area contributed by atoms with Gasteiger partial charge in [0.15, 0.2) is 0 Å². The molecule has 1 saturated heterocycles. The first kappa shape index (κ1) is 14.0. The zero-order valence-corrected chi connectivity index (χ0v) is 11.9. The first-order chi connectivity index (χ1) is 8.92. The highest BCUT2D eigenvalue weighted by Crippen LogP contribution is 2.30. The first-order valence-electron chi connectivity index (χ1n) is 5.82. The second kappa shape index (κ2) is 5.26. The Labute approximate surface area is 118 Å². The van der Waals surface area contributed by atoms with Crippen LogP contribution in [-0.2, 0) is 9.53 Å². The number of nitrogens with one attached hydrogen (secondary N) is 1. The van der Waals surface area contributed by atoms with E-state index in [2.05, 4.69) is 21.2 Å². The van der Waals surface area contributed by atoms with Crippen LogP contribution in [0, 0.1) is 10.1 Å². The van der Waals surface area contributed by atoms with Crippen LogP contribution in [0.3, 0.4) is 0 Å². The number of carbonyl (C=O) groups is 1. The Morgan fingerprint density at radius 2 is 2.32 bits per heavy atom. The first-order valence-corrected chi connectivity index (χ1v) is 6.61. The van der Waals surface area contributed by atoms with Crippen molar-refractivity contribution in [3.05, 3.63) is 32.8 Å². The molecular formula is C12H13BrN2O4. The molecule has 0 saturated carbocycles. The molecule has 1 heterocycles. The number of halogens is 1. The van der Waals surface area contributed by atoms with Crippen LogP contribution >= 0.6 is 15.9 Å². The molecule has 1 aliphatic heterocycles. The second-order valence-electron chi connectivity index (χ2n) is 4.56. The average molecular weight is 329 g/mol. The average Bonchev–Trinajstić information content (AvgIpc) is 2.77. The minimum atomic E-state index is -0.811. The van der Waals surface area contributed by atoms with E-state index in [0.717, 1.165) is 6.42 Å². The van der Waals surface area contributed by atoms with Crippen molar-refractivity contribution >= 4 is 33.2 Å². The number of ether oxygens (including phenoxy) is 1. The van der Waals surface area contributed by atoms with Gasteiger partial charge in [-0.3, -0.25) is 14.9 Å². The molecule has 7 heteroatoms. The number of carbonyl (C=O) groups excluding carboxylic acids is 1. The van der Waals surface area contributed by atoms with Crippen molar-refractivity contribution in [3.8, 4) is 0 Å². The summed E-state index contributed by atoms with van der Waals surface area (Å²) in [5, 5.41) is 13.4. The van der Waals surface area contributed by atoms with E-state index in [0.29, 0.717) is 23.2 Å². The SMILES string of the molecule is C[C@]1(C(=O)Nc2ccc([N+](=O)[O-])c(Br)c2)CCCO1. The summed E-state index contributed by atoms with van der Waals surface area (Å²) in [6.07, 6.45) is 1.53. The molecule has 19 heavy (non-hydrogen) atoms. The summed E-state index contributed by atoms with van der Waals surface area (Å²) >= 11 is 3.11. The van der Waals surface area contributed by atoms with E-state index in [9.17, 15) is 14.9 Å². The van der Waals surface area contributed by atoms with E-state index in [1.165, 1.54) is 18.2 Å². The Kier molecular flexibility index (Phi) is 3.86. The van der Waals surface area contributed by atoms with Crippen LogP contribution in [0.4, 0.5) is 11.4 Å². The van der Waals surface area contributed by atoms with Crippen molar-refractivity contribution in [2.45, 2.75) is 25.4 Å². The fourth-order valence-corrected chi connectivity index (χ4v) is 2.48. The van der Waals surface area contributed by atoms with Gasteiger partial charge < -0.3 is 10.1 Å². The number of nitro benzene ring substituents is 1. The maximum atomic E-state index is 12.1. The zero-order chi connectivity index (χ0) is 14.0. The van der Waals surface area contributed by atoms with Crippen molar-refractivity contribution in [1.82, 2.24) is 0 Å². The van der Waals surface area contributed by atoms with Crippen molar-refractivity contribution < 1.29 is 14.5 Å². The van der Waals surface area contributed by atoms with E-state index in [-0.39, 0.29) is 11.6 Å². The van der Waals surface area contributed by atoms with Crippen molar-refractivity contribution in [3.63, 3.8) is 0 Å². The molecule has 0 radical (unpaired) electrons. The van der Waals surface area contributed by atoms with Crippen LogP contribution in [0.5, 0.6) is 0 Å². The van der Waals surface area contributed by atoms with Gasteiger partial charge in [-0.1, -0.05) is 0 Å². The third kappa shape index (κ3) is 2.93. The van der Waals surface area contributed by atoms with Crippen molar-refractivity contribution in [1.29, 1.82) is 0 Å². The van der Waals surface area contributed by atoms with E-state index in [1.54, 1.807) is 6.92 Å². The summed E-state index contributed by atoms with van der Waals surface area (Å²) in [7, 11) is 0. The lowest BCUT2D eigenvalue weighted by molar-refractivity contribution is -0.385. The molecule has 0 spiro atoms. The number of nitro groups is 1. The molecule has 0 unspecified atom stereocenters. The molecule has 102 valence electrons. The molecule has 6 nitrogen and oxygen atoms in total. The minimum absolute atomic E-state index is 0.0404. The minimum Gasteiger partial charge on any atom is -0.365 e. The predicted molar refractivity (Wildman–Crippen MR) is 73.0 cm³/mol. The Morgan fingerprint density at radius 3 is 2.84 bits per heavy atom. The van der Waals surface area contributed by atoms with Crippen LogP contribution in [0.15, 0.2) is 22.7 Å². The molecule has 1 N–H and O–H groups in total. The molecule has 0 aromatic heterocycles. The normalized spacial score (nSPS) is 22.2. The number of nitrogens with zero attached hydrogens (tertiary/aromatic N) is 1. The van der Waals surface area contributed by atoms with E-state index in [1.807, 2.05) is 0 Å². The van der Waals surface area contributed by atoms with Crippen LogP contribution in [0.25, 0.3) is 0 Å². The van der Waals surface area contributed by atoms with Crippen LogP contribution < -0.4 is 5.32 Å². The number of rotatable bonds is 3. The van der Waals surface area contributed by atoms with Crippen LogP contribution in [-0.4, -0.2) is 23.0 Å². The quantitative estimate of drug-likeness (QED) is 0.683. The predicted octanol–water partition coefficient (Wildman–Crippen LogP) is 2.86. The molecular weight excluding hydrogens is 316 g/mol. The second-order valence-corrected chi connectivity index (χ2v) is 5.41. The molecule has 1 aromatic carbocycles. The highest BCUT2D eigenvalue weighted by molar-refractivity contribution is 9.10. The fraction of sp³-hybridized carbons (Fsp3) is 0.417. The fourth-order valence-electron chi connectivity index (χ4n) is 1.95. The maximum absolute atomic E-state index is 12.1. The monoisotopic (exact) mass is 328 g/mol. The van der Waals surface area contributed by atoms with Gasteiger partial charge in [0.05, 0.1) is 9.40 Å². The van der Waals surface area contributed by atoms with Gasteiger partial charge in [-0.05, 0) is 47.8 Å². The summed E-state index contributed by atoms with van der Waals surface area (Å²) in [5.74, 6) is -0.231. The molecule has 1 aromatic rings. The van der Waals surface area contributed by atoms with E-state index in [4.69, 9.17) is 4.74 Å². The topological polar surface area (TPSA) is 81.5 Å². The van der Waals surface area contributed by atoms with Crippen molar-refractivity contribution in [2.24, 2.45) is 0 Å². The zero-order valence-electron chi connectivity index (χ0n) is 10.3. The smallest absolute Gasteiger partial charge is 0.283 e. The summed E-state index contributed by atoms with van der Waals surface area (Å²) < 4.78 is 5.76. The summed E-state index contributed by atoms with van der Waals surface area (Å²) in [4.78, 5) is 22.3. The lowest BCUT2D eigenvalue weighted by Gasteiger charge is -2.21. The molecule has 0 aliphatic carbocycles. The van der Waals surface area contributed by atoms with Gasteiger partial charge in [0.1, 0.15) is 5.60 Å². The van der Waals surface area contributed by atoms with Gasteiger partial charge in [0.25, 0.3) is 11.6 Å². The third-order valence-electron chi connectivity index (χ3n) is 3.10. The summed E-state index contributed by atoms with van der Waals surface area (Å²) in [6.45, 7) is 2.32. The summed E-state index contributed by atoms with van der Waals surface area (Å²) in [6, 6.07) is 4.35. The Morgan fingerprint density at radius 1 is 1.58 bits per heavy atom. The number of anilines is 1. The van der Waals surface area contributed by atoms with Crippen molar-refractivity contribution in [2.75, 3.05) is 11.9 Å². The van der Waals surface area contributed by atoms with Gasteiger partial charge in [0.2, 0.25) is 0 Å². The molecule has 2 rings (SSSR count). The number of hydrogen-bond acceptors (Lipinski definition) is 4. The maximum Gasteiger partial charge on any atom is 0.283 e. The Balaban J connectivity index is 2.13. The standard InChI is InChI=1S/C12H13BrN2O4/c1-12(5-2-6-19-12)11(16)14-8-3-4-10(15(17)18)9(13)7-8/h3-4,7H,2,5-6H2,1H3,(H,14,16)/t12-/m1/s1. The lowest BCUT2D eigenvalue weighted by atomic mass is 10.0. The van der Waals surface area contributed by atoms with Gasteiger partial charge in [-0.2, -0.15) is 0 Å². The third-order valence-corrected chi connectivity index (χ3v) is 3.74. The molecule has 0 bridgehead atoms. The van der Waals surface area contributed by atoms with Gasteiger partial charge in [-0.25, -0.2) is 0 Å². The summed E-state index contributed by atoms with van der Waals surface area (Å²) in [5.41, 5.74) is -0.352. The van der Waals surface area contributed by atoms with Gasteiger partial charge >= 0.3 is 0 Å². The number of amides is 1. The largest absolute Gasteiger partial charge is 0.365 e. The Hall–Kier alpha value is -1.47. The van der Waals surface area contributed by atoms with Gasteiger partial charge in [0, 0.05) is 18.4 Å². The highest BCUT2D eigenvalue weighted by atomic mass is 79.9. The highest BCUT2D eigenvalue weighted by Gasteiger charge is 2.37. The van der Waals surface area contributed by atoms with E-state index < -0.39 is 10.5 Å². The molecule has 1 aliphatic rings. The lowest BCUT2D eigenvalue weighted by Crippen LogP contribution is -2.39. The van der Waals surface area contributed by atoms with E-state index >= 15 is 0 Å². The molecule has 1 fully saturated rings. The molecule has 1 amide bonds. The number of hydrogen-bond donors (Lipinski definition) is 1.